The summed E-state index contributed by atoms with van der Waals surface area (Å²) in [6.45, 7) is 0.445. The number of sulfonamides is 1. The van der Waals surface area contributed by atoms with Crippen LogP contribution in [0, 0.1) is 5.92 Å². The lowest BCUT2D eigenvalue weighted by molar-refractivity contribution is -0.120. The summed E-state index contributed by atoms with van der Waals surface area (Å²) < 4.78 is 28.2. The molecule has 9 heteroatoms. The largest absolute Gasteiger partial charge is 0.326 e. The fraction of sp³-hybridized carbons (Fsp3) is 0.278. The molecular weight excluding hydrogens is 475 g/mol. The summed E-state index contributed by atoms with van der Waals surface area (Å²) in [5.41, 5.74) is 0.668. The second-order valence-electron chi connectivity index (χ2n) is 6.27. The summed E-state index contributed by atoms with van der Waals surface area (Å²) in [5, 5.41) is 3.25. The summed E-state index contributed by atoms with van der Waals surface area (Å²) in [4.78, 5) is 12.6. The first-order valence-electron chi connectivity index (χ1n) is 8.29. The van der Waals surface area contributed by atoms with Gasteiger partial charge in [0.2, 0.25) is 15.9 Å². The predicted molar refractivity (Wildman–Crippen MR) is 111 cm³/mol. The summed E-state index contributed by atoms with van der Waals surface area (Å²) in [6, 6.07) is 11.6. The van der Waals surface area contributed by atoms with Gasteiger partial charge in [0.25, 0.3) is 0 Å². The van der Waals surface area contributed by atoms with E-state index in [9.17, 15) is 13.2 Å². The molecule has 1 N–H and O–H groups in total. The molecule has 2 aromatic carbocycles. The van der Waals surface area contributed by atoms with Gasteiger partial charge in [-0.15, -0.1) is 0 Å². The highest BCUT2D eigenvalue weighted by molar-refractivity contribution is 9.10. The molecule has 2 aromatic rings. The molecule has 3 rings (SSSR count). The number of amides is 1. The van der Waals surface area contributed by atoms with Crippen molar-refractivity contribution < 1.29 is 13.2 Å². The lowest BCUT2D eigenvalue weighted by Gasteiger charge is -2.31. The minimum absolute atomic E-state index is 0.0364. The van der Waals surface area contributed by atoms with Crippen molar-refractivity contribution in [2.24, 2.45) is 5.92 Å². The highest BCUT2D eigenvalue weighted by Gasteiger charge is 2.34. The van der Waals surface area contributed by atoms with Crippen LogP contribution in [0.15, 0.2) is 51.8 Å². The molecule has 1 aliphatic rings. The van der Waals surface area contributed by atoms with Crippen molar-refractivity contribution >= 4 is 60.7 Å². The Bertz CT molecular complexity index is 952. The Morgan fingerprint density at radius 3 is 2.56 bits per heavy atom. The number of benzene rings is 2. The second kappa shape index (κ2) is 8.49. The molecule has 1 atom stereocenters. The quantitative estimate of drug-likeness (QED) is 0.668. The number of carbonyl (C=O) groups is 1. The van der Waals surface area contributed by atoms with Crippen LogP contribution in [0.1, 0.15) is 12.8 Å². The number of nitrogens with one attached hydrogen (secondary N) is 1. The third kappa shape index (κ3) is 4.84. The summed E-state index contributed by atoms with van der Waals surface area (Å²) in [7, 11) is -3.83. The van der Waals surface area contributed by atoms with E-state index >= 15 is 0 Å². The molecule has 1 fully saturated rings. The van der Waals surface area contributed by atoms with Gasteiger partial charge in [0, 0.05) is 28.3 Å². The van der Waals surface area contributed by atoms with Crippen molar-refractivity contribution in [3.05, 3.63) is 57.0 Å². The average molecular weight is 492 g/mol. The Labute approximate surface area is 176 Å². The number of carbonyl (C=O) groups excluding carboxylic acids is 1. The molecule has 0 radical (unpaired) electrons. The highest BCUT2D eigenvalue weighted by Crippen LogP contribution is 2.30. The van der Waals surface area contributed by atoms with Gasteiger partial charge in [0.15, 0.2) is 0 Å². The van der Waals surface area contributed by atoms with Crippen LogP contribution in [-0.4, -0.2) is 31.7 Å². The number of rotatable bonds is 4. The maximum atomic E-state index is 13.0. The Morgan fingerprint density at radius 2 is 1.85 bits per heavy atom. The van der Waals surface area contributed by atoms with Crippen molar-refractivity contribution in [3.8, 4) is 0 Å². The number of hydrogen-bond acceptors (Lipinski definition) is 3. The first kappa shape index (κ1) is 20.6. The van der Waals surface area contributed by atoms with Crippen LogP contribution in [-0.2, 0) is 14.8 Å². The van der Waals surface area contributed by atoms with Gasteiger partial charge in [-0.2, -0.15) is 4.31 Å². The van der Waals surface area contributed by atoms with E-state index in [0.717, 1.165) is 4.47 Å². The van der Waals surface area contributed by atoms with E-state index in [0.29, 0.717) is 30.1 Å². The van der Waals surface area contributed by atoms with Gasteiger partial charge in [-0.1, -0.05) is 39.1 Å². The van der Waals surface area contributed by atoms with Gasteiger partial charge in [-0.05, 0) is 55.3 Å². The maximum absolute atomic E-state index is 13.0. The molecule has 1 heterocycles. The molecule has 1 aliphatic heterocycles. The van der Waals surface area contributed by atoms with Crippen LogP contribution in [0.25, 0.3) is 0 Å². The van der Waals surface area contributed by atoms with Crippen molar-refractivity contribution in [3.63, 3.8) is 0 Å². The summed E-state index contributed by atoms with van der Waals surface area (Å²) in [5.74, 6) is -0.635. The first-order chi connectivity index (χ1) is 12.8. The van der Waals surface area contributed by atoms with E-state index in [2.05, 4.69) is 21.2 Å². The number of nitrogens with zero attached hydrogens (tertiary/aromatic N) is 1. The Morgan fingerprint density at radius 1 is 1.15 bits per heavy atom. The number of hydrogen-bond donors (Lipinski definition) is 1. The highest BCUT2D eigenvalue weighted by atomic mass is 79.9. The minimum atomic E-state index is -3.83. The molecule has 1 saturated heterocycles. The number of anilines is 1. The van der Waals surface area contributed by atoms with Gasteiger partial charge in [0.05, 0.1) is 10.9 Å². The van der Waals surface area contributed by atoms with Crippen molar-refractivity contribution in [2.45, 2.75) is 17.7 Å². The summed E-state index contributed by atoms with van der Waals surface area (Å²) in [6.07, 6.45) is 1.22. The first-order valence-corrected chi connectivity index (χ1v) is 11.3. The van der Waals surface area contributed by atoms with Crippen LogP contribution in [0.5, 0.6) is 0 Å². The third-order valence-electron chi connectivity index (χ3n) is 4.38. The van der Waals surface area contributed by atoms with E-state index < -0.39 is 15.9 Å². The van der Waals surface area contributed by atoms with Gasteiger partial charge in [-0.25, -0.2) is 8.42 Å². The molecule has 1 amide bonds. The second-order valence-corrected chi connectivity index (χ2v) is 9.94. The van der Waals surface area contributed by atoms with Gasteiger partial charge < -0.3 is 5.32 Å². The third-order valence-corrected chi connectivity index (χ3v) is 7.49. The van der Waals surface area contributed by atoms with Crippen molar-refractivity contribution in [1.29, 1.82) is 0 Å². The Kier molecular flexibility index (Phi) is 6.48. The number of piperidine rings is 1. The standard InChI is InChI=1S/C18H17BrCl2N2O3S/c19-13-3-6-15(7-4-13)22-18(24)12-2-1-9-23(11-12)27(25,26)17-10-14(20)5-8-16(17)21/h3-8,10,12H,1-2,9,11H2,(H,22,24)/t12-/m0/s1. The molecule has 0 bridgehead atoms. The van der Waals surface area contributed by atoms with Gasteiger partial charge in [-0.3, -0.25) is 4.79 Å². The fourth-order valence-corrected chi connectivity index (χ4v) is 5.49. The minimum Gasteiger partial charge on any atom is -0.326 e. The van der Waals surface area contributed by atoms with Crippen molar-refractivity contribution in [2.75, 3.05) is 18.4 Å². The molecule has 5 nitrogen and oxygen atoms in total. The van der Waals surface area contributed by atoms with E-state index in [-0.39, 0.29) is 22.4 Å². The molecular formula is C18H17BrCl2N2O3S. The zero-order chi connectivity index (χ0) is 19.6. The zero-order valence-electron chi connectivity index (χ0n) is 14.2. The molecule has 0 aromatic heterocycles. The van der Waals surface area contributed by atoms with Crippen LogP contribution < -0.4 is 5.32 Å². The lowest BCUT2D eigenvalue weighted by Crippen LogP contribution is -2.43. The normalized spacial score (nSPS) is 18.3. The molecule has 27 heavy (non-hydrogen) atoms. The van der Waals surface area contributed by atoms with Gasteiger partial charge >= 0.3 is 0 Å². The summed E-state index contributed by atoms with van der Waals surface area (Å²) >= 11 is 15.3. The smallest absolute Gasteiger partial charge is 0.244 e. The van der Waals surface area contributed by atoms with Crippen LogP contribution >= 0.6 is 39.1 Å². The maximum Gasteiger partial charge on any atom is 0.244 e. The lowest BCUT2D eigenvalue weighted by atomic mass is 9.99. The van der Waals surface area contributed by atoms with E-state index in [4.69, 9.17) is 23.2 Å². The fourth-order valence-electron chi connectivity index (χ4n) is 2.97. The number of halogens is 3. The van der Waals surface area contributed by atoms with E-state index in [1.165, 1.54) is 22.5 Å². The SMILES string of the molecule is O=C(Nc1ccc(Br)cc1)[C@H]1CCCN(S(=O)(=O)c2cc(Cl)ccc2Cl)C1. The van der Waals surface area contributed by atoms with Crippen molar-refractivity contribution in [1.82, 2.24) is 4.31 Å². The van der Waals surface area contributed by atoms with Crippen LogP contribution in [0.3, 0.4) is 0 Å². The monoisotopic (exact) mass is 490 g/mol. The van der Waals surface area contributed by atoms with E-state index in [1.807, 2.05) is 12.1 Å². The Hall–Kier alpha value is -1.12. The average Bonchev–Trinajstić information content (AvgIpc) is 2.65. The predicted octanol–water partition coefficient (Wildman–Crippen LogP) is 4.80. The van der Waals surface area contributed by atoms with Crippen LogP contribution in [0.2, 0.25) is 10.0 Å². The molecule has 0 aliphatic carbocycles. The van der Waals surface area contributed by atoms with Gasteiger partial charge in [0.1, 0.15) is 4.90 Å². The molecule has 144 valence electrons. The molecule has 0 saturated carbocycles. The zero-order valence-corrected chi connectivity index (χ0v) is 18.1. The Balaban J connectivity index is 1.76. The molecule has 0 unspecified atom stereocenters. The van der Waals surface area contributed by atoms with Crippen LogP contribution in [0.4, 0.5) is 5.69 Å². The van der Waals surface area contributed by atoms with E-state index in [1.54, 1.807) is 12.1 Å². The topological polar surface area (TPSA) is 66.5 Å². The molecule has 0 spiro atoms.